The summed E-state index contributed by atoms with van der Waals surface area (Å²) in [5.74, 6) is 0. The fraction of sp³-hybridized carbons (Fsp3) is 0.727. The highest BCUT2D eigenvalue weighted by Gasteiger charge is 2.27. The normalized spacial score (nSPS) is 26.4. The van der Waals surface area contributed by atoms with E-state index in [9.17, 15) is 0 Å². The van der Waals surface area contributed by atoms with Crippen molar-refractivity contribution in [1.29, 1.82) is 0 Å². The van der Waals surface area contributed by atoms with Gasteiger partial charge in [-0.1, -0.05) is 6.42 Å². The van der Waals surface area contributed by atoms with Crippen LogP contribution in [0.3, 0.4) is 0 Å². The van der Waals surface area contributed by atoms with E-state index in [1.807, 2.05) is 0 Å². The van der Waals surface area contributed by atoms with Crippen LogP contribution in [-0.4, -0.2) is 29.0 Å². The molecular weight excluding hydrogens is 206 g/mol. The highest BCUT2D eigenvalue weighted by atomic mass is 32.1. The highest BCUT2D eigenvalue weighted by molar-refractivity contribution is 7.09. The molecule has 1 saturated carbocycles. The van der Waals surface area contributed by atoms with Gasteiger partial charge in [-0.3, -0.25) is 4.90 Å². The molecule has 2 unspecified atom stereocenters. The smallest absolute Gasteiger partial charge is 0.0897 e. The Morgan fingerprint density at radius 1 is 1.60 bits per heavy atom. The van der Waals surface area contributed by atoms with Gasteiger partial charge in [-0.2, -0.15) is 0 Å². The van der Waals surface area contributed by atoms with Crippen molar-refractivity contribution in [2.45, 2.75) is 44.8 Å². The molecule has 1 aromatic heterocycles. The first-order valence-electron chi connectivity index (χ1n) is 5.53. The topological polar surface area (TPSA) is 42.2 Å². The van der Waals surface area contributed by atoms with Gasteiger partial charge in [-0.25, -0.2) is 4.98 Å². The molecule has 2 atom stereocenters. The molecule has 0 spiro atoms. The Kier molecular flexibility index (Phi) is 3.38. The first-order chi connectivity index (χ1) is 7.16. The maximum absolute atomic E-state index is 6.08. The average molecular weight is 225 g/mol. The lowest BCUT2D eigenvalue weighted by Crippen LogP contribution is -2.41. The third kappa shape index (κ3) is 2.56. The third-order valence-corrected chi connectivity index (χ3v) is 4.00. The molecule has 0 aromatic carbocycles. The van der Waals surface area contributed by atoms with Crippen molar-refractivity contribution in [3.05, 3.63) is 16.1 Å². The monoisotopic (exact) mass is 225 g/mol. The SMILES string of the molecule is Cc1nc(CN(C)C2CCCC2N)cs1. The Balaban J connectivity index is 1.94. The number of likely N-dealkylation sites (N-methyl/N-ethyl adjacent to an activating group) is 1. The number of rotatable bonds is 3. The zero-order valence-electron chi connectivity index (χ0n) is 9.44. The van der Waals surface area contributed by atoms with Crippen LogP contribution >= 0.6 is 11.3 Å². The van der Waals surface area contributed by atoms with Crippen LogP contribution in [-0.2, 0) is 6.54 Å². The second kappa shape index (κ2) is 4.60. The van der Waals surface area contributed by atoms with E-state index in [0.29, 0.717) is 12.1 Å². The van der Waals surface area contributed by atoms with E-state index < -0.39 is 0 Å². The van der Waals surface area contributed by atoms with Crippen LogP contribution < -0.4 is 5.73 Å². The van der Waals surface area contributed by atoms with E-state index in [0.717, 1.165) is 11.6 Å². The fourth-order valence-electron chi connectivity index (χ4n) is 2.37. The summed E-state index contributed by atoms with van der Waals surface area (Å²) in [4.78, 5) is 6.84. The van der Waals surface area contributed by atoms with Gasteiger partial charge in [0.2, 0.25) is 0 Å². The molecule has 4 heteroatoms. The summed E-state index contributed by atoms with van der Waals surface area (Å²) < 4.78 is 0. The zero-order valence-corrected chi connectivity index (χ0v) is 10.3. The van der Waals surface area contributed by atoms with Crippen molar-refractivity contribution in [3.63, 3.8) is 0 Å². The molecule has 0 amide bonds. The van der Waals surface area contributed by atoms with Crippen LogP contribution in [0.25, 0.3) is 0 Å². The Labute approximate surface area is 95.3 Å². The predicted molar refractivity (Wildman–Crippen MR) is 63.9 cm³/mol. The summed E-state index contributed by atoms with van der Waals surface area (Å²) in [6.45, 7) is 2.98. The molecule has 84 valence electrons. The van der Waals surface area contributed by atoms with E-state index >= 15 is 0 Å². The highest BCUT2D eigenvalue weighted by Crippen LogP contribution is 2.23. The average Bonchev–Trinajstić information content (AvgIpc) is 2.75. The Morgan fingerprint density at radius 2 is 2.40 bits per heavy atom. The van der Waals surface area contributed by atoms with E-state index in [1.165, 1.54) is 25.0 Å². The second-order valence-electron chi connectivity index (χ2n) is 4.44. The number of nitrogens with two attached hydrogens (primary N) is 1. The van der Waals surface area contributed by atoms with E-state index in [-0.39, 0.29) is 0 Å². The number of hydrogen-bond acceptors (Lipinski definition) is 4. The van der Waals surface area contributed by atoms with Crippen LogP contribution in [0.2, 0.25) is 0 Å². The lowest BCUT2D eigenvalue weighted by molar-refractivity contribution is 0.218. The summed E-state index contributed by atoms with van der Waals surface area (Å²) in [5, 5.41) is 3.29. The summed E-state index contributed by atoms with van der Waals surface area (Å²) >= 11 is 1.72. The first-order valence-corrected chi connectivity index (χ1v) is 6.41. The molecule has 0 aliphatic heterocycles. The standard InChI is InChI=1S/C11H19N3S/c1-8-13-9(7-15-8)6-14(2)11-5-3-4-10(11)12/h7,10-11H,3-6,12H2,1-2H3. The zero-order chi connectivity index (χ0) is 10.8. The van der Waals surface area contributed by atoms with Crippen molar-refractivity contribution in [2.75, 3.05) is 7.05 Å². The Hall–Kier alpha value is -0.450. The molecule has 15 heavy (non-hydrogen) atoms. The van der Waals surface area contributed by atoms with Crippen molar-refractivity contribution in [3.8, 4) is 0 Å². The molecule has 1 aromatic rings. The van der Waals surface area contributed by atoms with Crippen molar-refractivity contribution in [1.82, 2.24) is 9.88 Å². The minimum absolute atomic E-state index is 0.356. The number of aromatic nitrogens is 1. The Bertz CT molecular complexity index is 323. The fourth-order valence-corrected chi connectivity index (χ4v) is 2.97. The summed E-state index contributed by atoms with van der Waals surface area (Å²) in [6.07, 6.45) is 3.68. The largest absolute Gasteiger partial charge is 0.326 e. The summed E-state index contributed by atoms with van der Waals surface area (Å²) in [5.41, 5.74) is 7.26. The quantitative estimate of drug-likeness (QED) is 0.852. The van der Waals surface area contributed by atoms with Gasteiger partial charge < -0.3 is 5.73 Å². The molecule has 0 saturated heterocycles. The molecule has 2 rings (SSSR count). The van der Waals surface area contributed by atoms with Gasteiger partial charge in [0.25, 0.3) is 0 Å². The minimum atomic E-state index is 0.356. The molecule has 3 nitrogen and oxygen atoms in total. The van der Waals surface area contributed by atoms with Crippen LogP contribution in [0.1, 0.15) is 30.0 Å². The number of aryl methyl sites for hydroxylation is 1. The molecule has 1 fully saturated rings. The second-order valence-corrected chi connectivity index (χ2v) is 5.50. The van der Waals surface area contributed by atoms with E-state index in [2.05, 4.69) is 29.2 Å². The number of hydrogen-bond donors (Lipinski definition) is 1. The molecule has 1 heterocycles. The molecule has 1 aliphatic rings. The van der Waals surface area contributed by atoms with E-state index in [1.54, 1.807) is 11.3 Å². The van der Waals surface area contributed by atoms with Crippen molar-refractivity contribution in [2.24, 2.45) is 5.73 Å². The number of thiazole rings is 1. The van der Waals surface area contributed by atoms with Gasteiger partial charge in [0.1, 0.15) is 0 Å². The van der Waals surface area contributed by atoms with Crippen LogP contribution in [0.4, 0.5) is 0 Å². The Morgan fingerprint density at radius 3 is 2.93 bits per heavy atom. The van der Waals surface area contributed by atoms with Gasteiger partial charge in [0, 0.05) is 24.0 Å². The molecular formula is C11H19N3S. The molecule has 2 N–H and O–H groups in total. The number of nitrogens with zero attached hydrogens (tertiary/aromatic N) is 2. The van der Waals surface area contributed by atoms with Crippen LogP contribution in [0, 0.1) is 6.92 Å². The maximum Gasteiger partial charge on any atom is 0.0897 e. The minimum Gasteiger partial charge on any atom is -0.326 e. The van der Waals surface area contributed by atoms with Gasteiger partial charge in [0.05, 0.1) is 10.7 Å². The molecule has 0 bridgehead atoms. The van der Waals surface area contributed by atoms with E-state index in [4.69, 9.17) is 5.73 Å². The lowest BCUT2D eigenvalue weighted by Gasteiger charge is -2.26. The lowest BCUT2D eigenvalue weighted by atomic mass is 10.1. The molecule has 0 radical (unpaired) electrons. The van der Waals surface area contributed by atoms with Crippen molar-refractivity contribution < 1.29 is 0 Å². The molecule has 1 aliphatic carbocycles. The van der Waals surface area contributed by atoms with Crippen LogP contribution in [0.15, 0.2) is 5.38 Å². The third-order valence-electron chi connectivity index (χ3n) is 3.18. The maximum atomic E-state index is 6.08. The van der Waals surface area contributed by atoms with Gasteiger partial charge >= 0.3 is 0 Å². The predicted octanol–water partition coefficient (Wildman–Crippen LogP) is 1.76. The van der Waals surface area contributed by atoms with Gasteiger partial charge in [-0.15, -0.1) is 11.3 Å². The van der Waals surface area contributed by atoms with Gasteiger partial charge in [-0.05, 0) is 26.8 Å². The van der Waals surface area contributed by atoms with Gasteiger partial charge in [0.15, 0.2) is 0 Å². The summed E-state index contributed by atoms with van der Waals surface area (Å²) in [6, 6.07) is 0.904. The first kappa shape index (κ1) is 11.0. The van der Waals surface area contributed by atoms with Crippen LogP contribution in [0.5, 0.6) is 0 Å². The summed E-state index contributed by atoms with van der Waals surface area (Å²) in [7, 11) is 2.16. The van der Waals surface area contributed by atoms with Crippen molar-refractivity contribution >= 4 is 11.3 Å².